The second-order valence-corrected chi connectivity index (χ2v) is 8.89. The van der Waals surface area contributed by atoms with Crippen LogP contribution in [0.3, 0.4) is 0 Å². The van der Waals surface area contributed by atoms with E-state index in [4.69, 9.17) is 0 Å². The van der Waals surface area contributed by atoms with Crippen LogP contribution in [0.15, 0.2) is 36.4 Å². The summed E-state index contributed by atoms with van der Waals surface area (Å²) < 4.78 is 2.82. The van der Waals surface area contributed by atoms with Crippen molar-refractivity contribution in [1.29, 1.82) is 0 Å². The van der Waals surface area contributed by atoms with Gasteiger partial charge in [-0.05, 0) is 46.9 Å². The molecule has 0 amide bonds. The lowest BCUT2D eigenvalue weighted by molar-refractivity contribution is 0.890. The second kappa shape index (κ2) is 5.07. The van der Waals surface area contributed by atoms with Gasteiger partial charge in [0.2, 0.25) is 0 Å². The Bertz CT molecular complexity index is 901. The lowest BCUT2D eigenvalue weighted by atomic mass is 10.0. The summed E-state index contributed by atoms with van der Waals surface area (Å²) >= 11 is 3.88. The molecule has 0 aliphatic rings. The smallest absolute Gasteiger partial charge is 0.0352 e. The maximum atomic E-state index is 2.40. The molecule has 0 unspecified atom stereocenters. The Morgan fingerprint density at radius 1 is 0.591 bits per heavy atom. The van der Waals surface area contributed by atoms with Crippen molar-refractivity contribution >= 4 is 53.6 Å². The van der Waals surface area contributed by atoms with Gasteiger partial charge in [-0.15, -0.1) is 22.7 Å². The summed E-state index contributed by atoms with van der Waals surface area (Å²) in [6, 6.07) is 14.0. The monoisotopic (exact) mass is 324 g/mol. The molecule has 0 aliphatic heterocycles. The van der Waals surface area contributed by atoms with Gasteiger partial charge in [-0.1, -0.05) is 39.8 Å². The van der Waals surface area contributed by atoms with Gasteiger partial charge in [-0.2, -0.15) is 0 Å². The van der Waals surface area contributed by atoms with E-state index in [2.05, 4.69) is 64.1 Å². The summed E-state index contributed by atoms with van der Waals surface area (Å²) in [5, 5.41) is 5.65. The molecule has 0 saturated heterocycles. The molecule has 112 valence electrons. The largest absolute Gasteiger partial charge is 0.140 e. The fourth-order valence-corrected chi connectivity index (χ4v) is 5.22. The molecule has 0 bridgehead atoms. The van der Waals surface area contributed by atoms with Crippen LogP contribution in [0.2, 0.25) is 0 Å². The topological polar surface area (TPSA) is 0 Å². The van der Waals surface area contributed by atoms with Crippen molar-refractivity contribution in [3.63, 3.8) is 0 Å². The molecule has 4 aromatic rings. The summed E-state index contributed by atoms with van der Waals surface area (Å²) in [6.45, 7) is 9.11. The number of fused-ring (bicyclic) bond motifs is 5. The zero-order valence-corrected chi connectivity index (χ0v) is 15.1. The van der Waals surface area contributed by atoms with Crippen LogP contribution in [0.5, 0.6) is 0 Å². The molecule has 0 spiro atoms. The Balaban J connectivity index is 2.07. The molecule has 0 saturated carbocycles. The average Bonchev–Trinajstić information content (AvgIpc) is 3.10. The van der Waals surface area contributed by atoms with Crippen LogP contribution in [0.25, 0.3) is 30.9 Å². The minimum Gasteiger partial charge on any atom is -0.140 e. The van der Waals surface area contributed by atoms with Crippen molar-refractivity contribution in [3.8, 4) is 0 Å². The number of hydrogen-bond acceptors (Lipinski definition) is 2. The summed E-state index contributed by atoms with van der Waals surface area (Å²) in [6.07, 6.45) is 0. The highest BCUT2D eigenvalue weighted by Gasteiger charge is 2.12. The van der Waals surface area contributed by atoms with Crippen molar-refractivity contribution in [3.05, 3.63) is 46.2 Å². The zero-order valence-electron chi connectivity index (χ0n) is 13.4. The molecule has 0 aliphatic carbocycles. The zero-order chi connectivity index (χ0) is 15.4. The molecule has 22 heavy (non-hydrogen) atoms. The molecule has 0 nitrogen and oxygen atoms in total. The van der Waals surface area contributed by atoms with E-state index in [0.717, 1.165) is 0 Å². The van der Waals surface area contributed by atoms with E-state index in [9.17, 15) is 0 Å². The number of benzene rings is 2. The Morgan fingerprint density at radius 2 is 1.00 bits per heavy atom. The number of hydrogen-bond donors (Lipinski definition) is 0. The normalized spacial score (nSPS) is 12.5. The maximum Gasteiger partial charge on any atom is 0.0352 e. The molecule has 2 heterocycles. The SMILES string of the molecule is CC(C)c1cc2c(ccc3c4cc(C(C)C)sc4ccc23)s1. The van der Waals surface area contributed by atoms with E-state index < -0.39 is 0 Å². The Kier molecular flexibility index (Phi) is 3.28. The summed E-state index contributed by atoms with van der Waals surface area (Å²) in [4.78, 5) is 2.96. The predicted molar refractivity (Wildman–Crippen MR) is 103 cm³/mol. The molecule has 4 rings (SSSR count). The van der Waals surface area contributed by atoms with E-state index in [1.54, 1.807) is 0 Å². The molecular weight excluding hydrogens is 304 g/mol. The number of rotatable bonds is 2. The van der Waals surface area contributed by atoms with Crippen molar-refractivity contribution in [2.75, 3.05) is 0 Å². The third-order valence-electron chi connectivity index (χ3n) is 4.37. The molecule has 2 heteroatoms. The fraction of sp³-hybridized carbons (Fsp3) is 0.300. The Morgan fingerprint density at radius 3 is 1.36 bits per heavy atom. The highest BCUT2D eigenvalue weighted by Crippen LogP contribution is 2.40. The van der Waals surface area contributed by atoms with Gasteiger partial charge in [0.1, 0.15) is 0 Å². The molecule has 2 aromatic carbocycles. The average molecular weight is 325 g/mol. The fourth-order valence-electron chi connectivity index (χ4n) is 3.05. The van der Waals surface area contributed by atoms with Crippen molar-refractivity contribution in [2.24, 2.45) is 0 Å². The lowest BCUT2D eigenvalue weighted by Gasteiger charge is -2.01. The minimum absolute atomic E-state index is 0.602. The first-order valence-corrected chi connectivity index (χ1v) is 9.56. The van der Waals surface area contributed by atoms with E-state index in [1.165, 1.54) is 40.7 Å². The quantitative estimate of drug-likeness (QED) is 0.358. The van der Waals surface area contributed by atoms with E-state index in [1.807, 2.05) is 22.7 Å². The van der Waals surface area contributed by atoms with Crippen molar-refractivity contribution in [2.45, 2.75) is 39.5 Å². The maximum absolute atomic E-state index is 2.40. The molecule has 0 radical (unpaired) electrons. The third kappa shape index (κ3) is 2.09. The van der Waals surface area contributed by atoms with Crippen LogP contribution < -0.4 is 0 Å². The van der Waals surface area contributed by atoms with Crippen LogP contribution in [-0.2, 0) is 0 Å². The molecule has 2 aromatic heterocycles. The van der Waals surface area contributed by atoms with Gasteiger partial charge in [0.25, 0.3) is 0 Å². The molecule has 0 fully saturated rings. The predicted octanol–water partition coefficient (Wildman–Crippen LogP) is 7.52. The van der Waals surface area contributed by atoms with Crippen LogP contribution in [0.1, 0.15) is 49.3 Å². The lowest BCUT2D eigenvalue weighted by Crippen LogP contribution is -1.78. The van der Waals surface area contributed by atoms with Crippen LogP contribution in [0, 0.1) is 0 Å². The summed E-state index contributed by atoms with van der Waals surface area (Å²) in [7, 11) is 0. The van der Waals surface area contributed by atoms with Gasteiger partial charge in [0.05, 0.1) is 0 Å². The van der Waals surface area contributed by atoms with Gasteiger partial charge in [-0.3, -0.25) is 0 Å². The van der Waals surface area contributed by atoms with E-state index in [-0.39, 0.29) is 0 Å². The van der Waals surface area contributed by atoms with Crippen LogP contribution in [0.4, 0.5) is 0 Å². The van der Waals surface area contributed by atoms with E-state index >= 15 is 0 Å². The van der Waals surface area contributed by atoms with Crippen molar-refractivity contribution in [1.82, 2.24) is 0 Å². The Hall–Kier alpha value is -1.38. The van der Waals surface area contributed by atoms with E-state index in [0.29, 0.717) is 11.8 Å². The Labute approximate surface area is 139 Å². The highest BCUT2D eigenvalue weighted by molar-refractivity contribution is 7.19. The highest BCUT2D eigenvalue weighted by atomic mass is 32.1. The van der Waals surface area contributed by atoms with Gasteiger partial charge in [0.15, 0.2) is 0 Å². The first-order valence-electron chi connectivity index (χ1n) is 7.93. The van der Waals surface area contributed by atoms with Crippen LogP contribution in [-0.4, -0.2) is 0 Å². The first-order chi connectivity index (χ1) is 10.5. The van der Waals surface area contributed by atoms with Crippen LogP contribution >= 0.6 is 22.7 Å². The van der Waals surface area contributed by atoms with Gasteiger partial charge >= 0.3 is 0 Å². The van der Waals surface area contributed by atoms with Gasteiger partial charge < -0.3 is 0 Å². The molecular formula is C20H20S2. The first kappa shape index (κ1) is 14.2. The van der Waals surface area contributed by atoms with Gasteiger partial charge in [0, 0.05) is 29.9 Å². The summed E-state index contributed by atoms with van der Waals surface area (Å²) in [5.74, 6) is 1.20. The summed E-state index contributed by atoms with van der Waals surface area (Å²) in [5.41, 5.74) is 0. The standard InChI is InChI=1S/C20H20S2/c1-11(2)19-9-15-13-6-8-18-16(10-20(22-18)12(3)4)14(13)5-7-17(15)21-19/h5-12H,1-4H3. The third-order valence-corrected chi connectivity index (χ3v) is 7.17. The second-order valence-electron chi connectivity index (χ2n) is 6.66. The molecule has 0 N–H and O–H groups in total. The van der Waals surface area contributed by atoms with Gasteiger partial charge in [-0.25, -0.2) is 0 Å². The molecule has 0 atom stereocenters. The number of thiophene rings is 2. The minimum atomic E-state index is 0.602. The van der Waals surface area contributed by atoms with Crippen molar-refractivity contribution < 1.29 is 0 Å².